The van der Waals surface area contributed by atoms with E-state index in [1.807, 2.05) is 24.4 Å². The Balaban J connectivity index is 1.34. The Hall–Kier alpha value is -4.99. The Morgan fingerprint density at radius 3 is 2.28 bits per heavy atom. The Morgan fingerprint density at radius 1 is 0.804 bits per heavy atom. The summed E-state index contributed by atoms with van der Waals surface area (Å²) in [6.45, 7) is 17.4. The average Bonchev–Trinajstić information content (AvgIpc) is 3.54. The van der Waals surface area contributed by atoms with Gasteiger partial charge in [-0.05, 0) is 75.9 Å². The fraction of sp³-hybridized carbons (Fsp3) is 0.361. The lowest BCUT2D eigenvalue weighted by molar-refractivity contribution is -0.114. The smallest absolute Gasteiger partial charge is 0.302 e. The van der Waals surface area contributed by atoms with Gasteiger partial charge in [-0.1, -0.05) is 60.6 Å². The number of amides is 1. The fourth-order valence-electron chi connectivity index (χ4n) is 5.92. The van der Waals surface area contributed by atoms with Gasteiger partial charge in [0.1, 0.15) is 11.0 Å². The van der Waals surface area contributed by atoms with Crippen molar-refractivity contribution in [2.75, 3.05) is 22.9 Å². The fourth-order valence-corrected chi connectivity index (χ4v) is 5.92. The molecular weight excluding hydrogens is 578 g/mol. The third-order valence-corrected chi connectivity index (χ3v) is 8.58. The molecule has 1 amide bonds. The minimum absolute atomic E-state index is 0.0474. The van der Waals surface area contributed by atoms with Gasteiger partial charge in [0.05, 0.1) is 5.52 Å². The van der Waals surface area contributed by atoms with Crippen molar-refractivity contribution in [3.8, 4) is 0 Å². The molecule has 6 aromatic rings. The molecule has 0 saturated heterocycles. The summed E-state index contributed by atoms with van der Waals surface area (Å²) in [5, 5.41) is 7.17. The summed E-state index contributed by atoms with van der Waals surface area (Å²) in [6.07, 6.45) is 2.58. The van der Waals surface area contributed by atoms with E-state index in [9.17, 15) is 4.79 Å². The number of nitrogen functional groups attached to an aromatic ring is 1. The molecule has 46 heavy (non-hydrogen) atoms. The molecule has 0 aliphatic heterocycles. The standard InChI is InChI=1S/C36H41N7O3/c1-20(44)40-33-43-27-14-21(17-35(5,6)24-10-12-29-28(15-24)41-31(37)45-29)25(16-30(27)46-33)36(7,8)19-39-32-38-18-22-13-23(34(2,3)4)9-11-26(22)42-32/h9-16,18H,17,19H2,1-8H3,(H2,37,41)(H,38,39,42)(H,40,43,44). The molecular formula is C36H41N7O3. The first-order valence-electron chi connectivity index (χ1n) is 15.5. The highest BCUT2D eigenvalue weighted by atomic mass is 16.4. The number of carbonyl (C=O) groups excluding carboxylic acids is 1. The van der Waals surface area contributed by atoms with E-state index in [-0.39, 0.29) is 34.2 Å². The second kappa shape index (κ2) is 11.1. The zero-order valence-electron chi connectivity index (χ0n) is 27.7. The second-order valence-electron chi connectivity index (χ2n) is 14.4. The predicted octanol–water partition coefficient (Wildman–Crippen LogP) is 7.66. The summed E-state index contributed by atoms with van der Waals surface area (Å²) < 4.78 is 11.5. The molecule has 0 fully saturated rings. The van der Waals surface area contributed by atoms with Crippen molar-refractivity contribution in [2.45, 2.75) is 78.1 Å². The van der Waals surface area contributed by atoms with Crippen LogP contribution in [0.4, 0.5) is 18.0 Å². The summed E-state index contributed by atoms with van der Waals surface area (Å²) in [5.74, 6) is 0.325. The minimum atomic E-state index is -0.376. The van der Waals surface area contributed by atoms with Gasteiger partial charge < -0.3 is 19.9 Å². The second-order valence-corrected chi connectivity index (χ2v) is 14.4. The molecule has 3 aromatic heterocycles. The summed E-state index contributed by atoms with van der Waals surface area (Å²) in [5.41, 5.74) is 13.3. The van der Waals surface area contributed by atoms with Crippen LogP contribution in [0.5, 0.6) is 0 Å². The Kier molecular flexibility index (Phi) is 7.49. The van der Waals surface area contributed by atoms with Crippen LogP contribution in [0.15, 0.2) is 63.6 Å². The monoisotopic (exact) mass is 619 g/mol. The lowest BCUT2D eigenvalue weighted by atomic mass is 9.74. The predicted molar refractivity (Wildman–Crippen MR) is 183 cm³/mol. The number of nitrogens with two attached hydrogens (primary N) is 1. The van der Waals surface area contributed by atoms with Crippen LogP contribution in [0.2, 0.25) is 0 Å². The van der Waals surface area contributed by atoms with E-state index >= 15 is 0 Å². The number of fused-ring (bicyclic) bond motifs is 3. The van der Waals surface area contributed by atoms with Crippen LogP contribution in [0.25, 0.3) is 33.1 Å². The SMILES string of the molecule is CC(=O)Nc1nc2cc(CC(C)(C)c3ccc4oc(N)nc4c3)c(C(C)(C)CNc3ncc4cc(C(C)(C)C)ccc4n3)cc2o1. The number of aromatic nitrogens is 4. The molecule has 0 unspecified atom stereocenters. The van der Waals surface area contributed by atoms with Gasteiger partial charge in [0.15, 0.2) is 11.2 Å². The van der Waals surface area contributed by atoms with Crippen LogP contribution >= 0.6 is 0 Å². The van der Waals surface area contributed by atoms with Crippen LogP contribution < -0.4 is 16.4 Å². The number of hydrogen-bond donors (Lipinski definition) is 3. The van der Waals surface area contributed by atoms with Crippen molar-refractivity contribution < 1.29 is 13.6 Å². The highest BCUT2D eigenvalue weighted by Crippen LogP contribution is 2.37. The van der Waals surface area contributed by atoms with Crippen LogP contribution in [0.3, 0.4) is 0 Å². The zero-order chi connectivity index (χ0) is 33.0. The largest absolute Gasteiger partial charge is 0.424 e. The number of hydrogen-bond acceptors (Lipinski definition) is 9. The molecule has 3 heterocycles. The molecule has 0 radical (unpaired) electrons. The van der Waals surface area contributed by atoms with Crippen LogP contribution in [-0.2, 0) is 27.5 Å². The Morgan fingerprint density at radius 2 is 1.54 bits per heavy atom. The van der Waals surface area contributed by atoms with Gasteiger partial charge in [-0.2, -0.15) is 9.97 Å². The molecule has 0 aliphatic carbocycles. The third-order valence-electron chi connectivity index (χ3n) is 8.58. The molecule has 10 heteroatoms. The molecule has 0 aliphatic rings. The molecule has 0 atom stereocenters. The Labute approximate surface area is 268 Å². The zero-order valence-corrected chi connectivity index (χ0v) is 27.7. The normalized spacial score (nSPS) is 12.7. The Bertz CT molecular complexity index is 2100. The van der Waals surface area contributed by atoms with Crippen molar-refractivity contribution in [3.63, 3.8) is 0 Å². The lowest BCUT2D eigenvalue weighted by Crippen LogP contribution is -2.31. The molecule has 3 aromatic carbocycles. The lowest BCUT2D eigenvalue weighted by Gasteiger charge is -2.32. The van der Waals surface area contributed by atoms with Gasteiger partial charge in [-0.3, -0.25) is 10.1 Å². The van der Waals surface area contributed by atoms with E-state index in [0.29, 0.717) is 35.6 Å². The maximum absolute atomic E-state index is 11.7. The van der Waals surface area contributed by atoms with Gasteiger partial charge in [-0.15, -0.1) is 0 Å². The highest BCUT2D eigenvalue weighted by molar-refractivity contribution is 5.88. The first kappa shape index (κ1) is 31.0. The van der Waals surface area contributed by atoms with Crippen molar-refractivity contribution in [1.82, 2.24) is 19.9 Å². The summed E-state index contributed by atoms with van der Waals surface area (Å²) in [4.78, 5) is 30.1. The van der Waals surface area contributed by atoms with Gasteiger partial charge in [0.25, 0.3) is 6.01 Å². The molecule has 0 spiro atoms. The number of rotatable bonds is 8. The van der Waals surface area contributed by atoms with Gasteiger partial charge in [-0.25, -0.2) is 9.97 Å². The van der Waals surface area contributed by atoms with Gasteiger partial charge >= 0.3 is 6.01 Å². The number of carbonyl (C=O) groups is 1. The number of nitrogens with zero attached hydrogens (tertiary/aromatic N) is 4. The summed E-state index contributed by atoms with van der Waals surface area (Å²) in [6, 6.07) is 16.8. The van der Waals surface area contributed by atoms with E-state index in [1.165, 1.54) is 12.5 Å². The molecule has 6 rings (SSSR count). The average molecular weight is 620 g/mol. The quantitative estimate of drug-likeness (QED) is 0.156. The van der Waals surface area contributed by atoms with Crippen LogP contribution in [-0.4, -0.2) is 32.4 Å². The maximum atomic E-state index is 11.7. The van der Waals surface area contributed by atoms with Crippen LogP contribution in [0.1, 0.15) is 77.6 Å². The van der Waals surface area contributed by atoms with Gasteiger partial charge in [0.2, 0.25) is 11.9 Å². The molecule has 0 bridgehead atoms. The maximum Gasteiger partial charge on any atom is 0.302 e. The molecule has 4 N–H and O–H groups in total. The van der Waals surface area contributed by atoms with E-state index in [4.69, 9.17) is 19.6 Å². The van der Waals surface area contributed by atoms with E-state index in [0.717, 1.165) is 33.1 Å². The van der Waals surface area contributed by atoms with Crippen molar-refractivity contribution >= 4 is 57.0 Å². The van der Waals surface area contributed by atoms with Gasteiger partial charge in [0, 0.05) is 30.5 Å². The van der Waals surface area contributed by atoms with Crippen LogP contribution in [0, 0.1) is 0 Å². The first-order chi connectivity index (χ1) is 21.6. The summed E-state index contributed by atoms with van der Waals surface area (Å²) in [7, 11) is 0. The first-order valence-corrected chi connectivity index (χ1v) is 15.5. The van der Waals surface area contributed by atoms with Crippen molar-refractivity contribution in [3.05, 3.63) is 77.0 Å². The third kappa shape index (κ3) is 6.24. The molecule has 238 valence electrons. The minimum Gasteiger partial charge on any atom is -0.424 e. The number of oxazole rings is 2. The summed E-state index contributed by atoms with van der Waals surface area (Å²) >= 11 is 0. The van der Waals surface area contributed by atoms with E-state index in [1.54, 1.807) is 0 Å². The molecule has 0 saturated carbocycles. The van der Waals surface area contributed by atoms with E-state index in [2.05, 4.69) is 104 Å². The van der Waals surface area contributed by atoms with E-state index < -0.39 is 0 Å². The topological polar surface area (TPSA) is 145 Å². The number of anilines is 3. The van der Waals surface area contributed by atoms with Crippen molar-refractivity contribution in [1.29, 1.82) is 0 Å². The molecule has 10 nitrogen and oxygen atoms in total. The highest BCUT2D eigenvalue weighted by Gasteiger charge is 2.30. The number of nitrogens with one attached hydrogen (secondary N) is 2. The van der Waals surface area contributed by atoms with Crippen molar-refractivity contribution in [2.24, 2.45) is 0 Å². The number of benzene rings is 3.